The van der Waals surface area contributed by atoms with Crippen molar-refractivity contribution in [2.45, 2.75) is 5.37 Å². The van der Waals surface area contributed by atoms with Crippen LogP contribution in [0, 0.1) is 0 Å². The molecule has 1 aromatic heterocycles. The SMILES string of the molecule is COc1ccc(C2=NNC(c3cccnc3)S2)cc1. The lowest BCUT2D eigenvalue weighted by Crippen LogP contribution is -2.06. The second-order valence-corrected chi connectivity index (χ2v) is 5.15. The Balaban J connectivity index is 1.74. The van der Waals surface area contributed by atoms with Crippen LogP contribution in [0.4, 0.5) is 0 Å². The number of rotatable bonds is 3. The number of pyridine rings is 1. The van der Waals surface area contributed by atoms with Gasteiger partial charge in [0, 0.05) is 23.5 Å². The van der Waals surface area contributed by atoms with Gasteiger partial charge in [0.2, 0.25) is 0 Å². The number of methoxy groups -OCH3 is 1. The van der Waals surface area contributed by atoms with Crippen LogP contribution in [0.3, 0.4) is 0 Å². The van der Waals surface area contributed by atoms with Crippen LogP contribution in [0.2, 0.25) is 0 Å². The molecule has 1 aliphatic heterocycles. The minimum absolute atomic E-state index is 0.130. The van der Waals surface area contributed by atoms with Crippen molar-refractivity contribution in [2.75, 3.05) is 7.11 Å². The van der Waals surface area contributed by atoms with Gasteiger partial charge in [0.05, 0.1) is 7.11 Å². The molecule has 0 saturated carbocycles. The Morgan fingerprint density at radius 2 is 2.05 bits per heavy atom. The molecule has 19 heavy (non-hydrogen) atoms. The van der Waals surface area contributed by atoms with Crippen molar-refractivity contribution in [3.63, 3.8) is 0 Å². The Bertz CT molecular complexity index is 583. The molecule has 0 radical (unpaired) electrons. The summed E-state index contributed by atoms with van der Waals surface area (Å²) >= 11 is 1.69. The summed E-state index contributed by atoms with van der Waals surface area (Å²) in [7, 11) is 1.66. The van der Waals surface area contributed by atoms with Gasteiger partial charge in [-0.25, -0.2) is 0 Å². The molecule has 0 amide bonds. The van der Waals surface area contributed by atoms with Gasteiger partial charge in [0.25, 0.3) is 0 Å². The third-order valence-electron chi connectivity index (χ3n) is 2.84. The summed E-state index contributed by atoms with van der Waals surface area (Å²) in [5.41, 5.74) is 5.34. The topological polar surface area (TPSA) is 46.5 Å². The number of benzene rings is 1. The molecular weight excluding hydrogens is 258 g/mol. The van der Waals surface area contributed by atoms with Crippen LogP contribution in [-0.2, 0) is 0 Å². The summed E-state index contributed by atoms with van der Waals surface area (Å²) < 4.78 is 5.15. The van der Waals surface area contributed by atoms with Gasteiger partial charge < -0.3 is 4.74 Å². The highest BCUT2D eigenvalue weighted by Crippen LogP contribution is 2.33. The lowest BCUT2D eigenvalue weighted by Gasteiger charge is -2.08. The molecule has 1 aliphatic rings. The number of aromatic nitrogens is 1. The summed E-state index contributed by atoms with van der Waals surface area (Å²) in [6.45, 7) is 0. The van der Waals surface area contributed by atoms with Crippen LogP contribution in [-0.4, -0.2) is 17.1 Å². The quantitative estimate of drug-likeness (QED) is 0.932. The fourth-order valence-corrected chi connectivity index (χ4v) is 2.80. The number of hydrogen-bond acceptors (Lipinski definition) is 5. The molecule has 96 valence electrons. The Morgan fingerprint density at radius 3 is 2.74 bits per heavy atom. The molecule has 3 rings (SSSR count). The third-order valence-corrected chi connectivity index (χ3v) is 4.00. The standard InChI is InChI=1S/C14H13N3OS/c1-18-12-6-4-10(5-7-12)13-16-17-14(19-13)11-3-2-8-15-9-11/h2-9,14,17H,1H3. The predicted molar refractivity (Wildman–Crippen MR) is 77.2 cm³/mol. The molecule has 0 spiro atoms. The predicted octanol–water partition coefficient (Wildman–Crippen LogP) is 2.79. The average molecular weight is 271 g/mol. The highest BCUT2D eigenvalue weighted by molar-refractivity contribution is 8.14. The van der Waals surface area contributed by atoms with Crippen LogP contribution in [0.25, 0.3) is 0 Å². The average Bonchev–Trinajstić information content (AvgIpc) is 2.98. The lowest BCUT2D eigenvalue weighted by atomic mass is 10.2. The molecule has 0 bridgehead atoms. The van der Waals surface area contributed by atoms with Crippen molar-refractivity contribution in [2.24, 2.45) is 5.10 Å². The van der Waals surface area contributed by atoms with E-state index in [0.717, 1.165) is 21.9 Å². The summed E-state index contributed by atoms with van der Waals surface area (Å²) in [5, 5.41) is 5.49. The number of hydrazone groups is 1. The molecule has 0 aliphatic carbocycles. The molecule has 1 N–H and O–H groups in total. The number of thioether (sulfide) groups is 1. The van der Waals surface area contributed by atoms with Gasteiger partial charge in [-0.3, -0.25) is 10.4 Å². The van der Waals surface area contributed by atoms with Gasteiger partial charge in [-0.1, -0.05) is 17.8 Å². The molecule has 0 saturated heterocycles. The Hall–Kier alpha value is -2.01. The Kier molecular flexibility index (Phi) is 3.37. The van der Waals surface area contributed by atoms with E-state index in [1.807, 2.05) is 42.6 Å². The van der Waals surface area contributed by atoms with E-state index in [9.17, 15) is 0 Å². The van der Waals surface area contributed by atoms with Crippen LogP contribution < -0.4 is 10.2 Å². The minimum atomic E-state index is 0.130. The molecule has 2 aromatic rings. The zero-order valence-corrected chi connectivity index (χ0v) is 11.2. The van der Waals surface area contributed by atoms with Gasteiger partial charge in [-0.15, -0.1) is 0 Å². The van der Waals surface area contributed by atoms with Gasteiger partial charge in [-0.05, 0) is 30.3 Å². The van der Waals surface area contributed by atoms with Crippen molar-refractivity contribution >= 4 is 16.8 Å². The monoisotopic (exact) mass is 271 g/mol. The highest BCUT2D eigenvalue weighted by atomic mass is 32.2. The third kappa shape index (κ3) is 2.56. The van der Waals surface area contributed by atoms with Crippen molar-refractivity contribution in [1.82, 2.24) is 10.4 Å². The zero-order chi connectivity index (χ0) is 13.1. The summed E-state index contributed by atoms with van der Waals surface area (Å²) in [4.78, 5) is 4.13. The van der Waals surface area contributed by atoms with E-state index < -0.39 is 0 Å². The lowest BCUT2D eigenvalue weighted by molar-refractivity contribution is 0.415. The number of hydrogen-bond donors (Lipinski definition) is 1. The molecule has 1 atom stereocenters. The first kappa shape index (κ1) is 12.0. The maximum absolute atomic E-state index is 5.15. The fraction of sp³-hybridized carbons (Fsp3) is 0.143. The normalized spacial score (nSPS) is 17.7. The van der Waals surface area contributed by atoms with Gasteiger partial charge in [-0.2, -0.15) is 5.10 Å². The van der Waals surface area contributed by atoms with Crippen molar-refractivity contribution in [3.05, 3.63) is 59.9 Å². The van der Waals surface area contributed by atoms with E-state index in [1.54, 1.807) is 25.1 Å². The second-order valence-electron chi connectivity index (χ2n) is 4.06. The first-order valence-electron chi connectivity index (χ1n) is 5.91. The largest absolute Gasteiger partial charge is 0.497 e. The Labute approximate surface area is 115 Å². The van der Waals surface area contributed by atoms with Crippen LogP contribution in [0.15, 0.2) is 53.9 Å². The number of nitrogens with zero attached hydrogens (tertiary/aromatic N) is 2. The van der Waals surface area contributed by atoms with Crippen molar-refractivity contribution < 1.29 is 4.74 Å². The van der Waals surface area contributed by atoms with Gasteiger partial charge in [0.15, 0.2) is 0 Å². The minimum Gasteiger partial charge on any atom is -0.497 e. The Morgan fingerprint density at radius 1 is 1.21 bits per heavy atom. The smallest absolute Gasteiger partial charge is 0.126 e. The van der Waals surface area contributed by atoms with E-state index >= 15 is 0 Å². The fourth-order valence-electron chi connectivity index (χ4n) is 1.82. The van der Waals surface area contributed by atoms with Crippen LogP contribution in [0.5, 0.6) is 5.75 Å². The van der Waals surface area contributed by atoms with E-state index in [1.165, 1.54) is 0 Å². The van der Waals surface area contributed by atoms with E-state index in [2.05, 4.69) is 15.5 Å². The van der Waals surface area contributed by atoms with Crippen LogP contribution >= 0.6 is 11.8 Å². The van der Waals surface area contributed by atoms with E-state index in [4.69, 9.17) is 4.74 Å². The molecule has 2 heterocycles. The highest BCUT2D eigenvalue weighted by Gasteiger charge is 2.21. The molecule has 5 heteroatoms. The number of ether oxygens (including phenoxy) is 1. The maximum atomic E-state index is 5.15. The summed E-state index contributed by atoms with van der Waals surface area (Å²) in [6, 6.07) is 11.9. The number of nitrogens with one attached hydrogen (secondary N) is 1. The maximum Gasteiger partial charge on any atom is 0.126 e. The second kappa shape index (κ2) is 5.32. The van der Waals surface area contributed by atoms with E-state index in [-0.39, 0.29) is 5.37 Å². The van der Waals surface area contributed by atoms with Crippen molar-refractivity contribution in [3.8, 4) is 5.75 Å². The van der Waals surface area contributed by atoms with Gasteiger partial charge >= 0.3 is 0 Å². The first-order valence-corrected chi connectivity index (χ1v) is 6.79. The van der Waals surface area contributed by atoms with Gasteiger partial charge in [0.1, 0.15) is 16.2 Å². The molecule has 1 aromatic carbocycles. The van der Waals surface area contributed by atoms with Crippen molar-refractivity contribution in [1.29, 1.82) is 0 Å². The molecule has 1 unspecified atom stereocenters. The zero-order valence-electron chi connectivity index (χ0n) is 10.4. The first-order chi connectivity index (χ1) is 9.36. The summed E-state index contributed by atoms with van der Waals surface area (Å²) in [5.74, 6) is 0.851. The van der Waals surface area contributed by atoms with Crippen LogP contribution in [0.1, 0.15) is 16.5 Å². The van der Waals surface area contributed by atoms with E-state index in [0.29, 0.717) is 0 Å². The molecule has 4 nitrogen and oxygen atoms in total. The summed E-state index contributed by atoms with van der Waals surface area (Å²) in [6.07, 6.45) is 3.63. The molecule has 0 fully saturated rings. The molecular formula is C14H13N3OS.